The van der Waals surface area contributed by atoms with Crippen LogP contribution in [0.5, 0.6) is 0 Å². The summed E-state index contributed by atoms with van der Waals surface area (Å²) in [5.74, 6) is 6.10. The maximum Gasteiger partial charge on any atom is 0.0338 e. The average Bonchev–Trinajstić information content (AvgIpc) is 1.66. The van der Waals surface area contributed by atoms with Crippen LogP contribution in [0.2, 0.25) is 0 Å². The summed E-state index contributed by atoms with van der Waals surface area (Å²) in [6.45, 7) is 0. The number of rotatable bonds is 0. The molecule has 0 bridgehead atoms. The predicted molar refractivity (Wildman–Crippen MR) is 33.9 cm³/mol. The molecule has 0 aromatic heterocycles. The van der Waals surface area contributed by atoms with E-state index in [1.54, 1.807) is 0 Å². The molecular weight excluding hydrogens is 96.1 g/mol. The molecule has 0 unspecified atom stereocenters. The maximum absolute atomic E-state index is 5.15. The number of terminal acetylenes is 2. The lowest BCUT2D eigenvalue weighted by molar-refractivity contribution is 0.310. The Kier molecular flexibility index (Phi) is 1.27. The van der Waals surface area contributed by atoms with Gasteiger partial charge in [0.1, 0.15) is 0 Å². The Bertz CT molecular complexity index is 134. The summed E-state index contributed by atoms with van der Waals surface area (Å²) in [5, 5.41) is 0. The van der Waals surface area contributed by atoms with Gasteiger partial charge in [-0.15, -0.1) is 24.7 Å². The van der Waals surface area contributed by atoms with Gasteiger partial charge in [-0.3, -0.25) is 0 Å². The molecule has 0 spiro atoms. The highest BCUT2D eigenvalue weighted by Gasteiger charge is 2.26. The van der Waals surface area contributed by atoms with Crippen LogP contribution in [0.1, 0.15) is 12.8 Å². The van der Waals surface area contributed by atoms with Crippen LogP contribution < -0.4 is 0 Å². The highest BCUT2D eigenvalue weighted by atomic mass is 14.3. The quantitative estimate of drug-likeness (QED) is 0.406. The maximum atomic E-state index is 5.15. The molecule has 0 nitrogen and oxygen atoms in total. The molecule has 0 aromatic carbocycles. The molecule has 1 aliphatic carbocycles. The van der Waals surface area contributed by atoms with Gasteiger partial charge in [0.2, 0.25) is 0 Å². The average molecular weight is 104 g/mol. The molecule has 0 heterocycles. The fourth-order valence-corrected chi connectivity index (χ4v) is 0.899. The summed E-state index contributed by atoms with van der Waals surface area (Å²) in [6.07, 6.45) is 12.6. The molecule has 1 aliphatic rings. The van der Waals surface area contributed by atoms with E-state index in [4.69, 9.17) is 12.8 Å². The molecule has 0 heteroatoms. The molecule has 2 atom stereocenters. The van der Waals surface area contributed by atoms with E-state index in [0.717, 1.165) is 12.8 Å². The molecule has 1 saturated carbocycles. The van der Waals surface area contributed by atoms with Gasteiger partial charge in [-0.25, -0.2) is 0 Å². The number of hydrogen-bond acceptors (Lipinski definition) is 0. The van der Waals surface area contributed by atoms with E-state index >= 15 is 0 Å². The molecule has 0 aromatic rings. The lowest BCUT2D eigenvalue weighted by Crippen LogP contribution is -2.22. The van der Waals surface area contributed by atoms with Crippen LogP contribution in [0.3, 0.4) is 0 Å². The van der Waals surface area contributed by atoms with E-state index in [1.807, 2.05) is 0 Å². The molecule has 0 amide bonds. The van der Waals surface area contributed by atoms with Crippen molar-refractivity contribution in [3.63, 3.8) is 0 Å². The fourth-order valence-electron chi connectivity index (χ4n) is 0.899. The molecule has 0 saturated heterocycles. The molecule has 8 heavy (non-hydrogen) atoms. The van der Waals surface area contributed by atoms with Gasteiger partial charge in [0.05, 0.1) is 0 Å². The molecule has 40 valence electrons. The molecule has 0 radical (unpaired) electrons. The summed E-state index contributed by atoms with van der Waals surface area (Å²) < 4.78 is 0. The van der Waals surface area contributed by atoms with Crippen LogP contribution in [-0.4, -0.2) is 0 Å². The second-order valence-electron chi connectivity index (χ2n) is 2.12. The van der Waals surface area contributed by atoms with E-state index in [2.05, 4.69) is 11.8 Å². The molecule has 1 rings (SSSR count). The molecular formula is C8H8. The Balaban J connectivity index is 2.44. The van der Waals surface area contributed by atoms with Crippen molar-refractivity contribution in [2.24, 2.45) is 11.8 Å². The van der Waals surface area contributed by atoms with Crippen molar-refractivity contribution in [1.29, 1.82) is 0 Å². The third-order valence-electron chi connectivity index (χ3n) is 1.70. The minimum Gasteiger partial charge on any atom is -0.120 e. The van der Waals surface area contributed by atoms with Gasteiger partial charge >= 0.3 is 0 Å². The van der Waals surface area contributed by atoms with Crippen molar-refractivity contribution in [2.45, 2.75) is 12.8 Å². The summed E-state index contributed by atoms with van der Waals surface area (Å²) in [5.41, 5.74) is 0. The third kappa shape index (κ3) is 0.592. The minimum absolute atomic E-state index is 0.389. The molecule has 0 N–H and O–H groups in total. The van der Waals surface area contributed by atoms with E-state index in [0.29, 0.717) is 11.8 Å². The van der Waals surface area contributed by atoms with E-state index < -0.39 is 0 Å². The van der Waals surface area contributed by atoms with E-state index in [9.17, 15) is 0 Å². The zero-order chi connectivity index (χ0) is 5.98. The first-order chi connectivity index (χ1) is 3.88. The second-order valence-corrected chi connectivity index (χ2v) is 2.12. The van der Waals surface area contributed by atoms with Crippen LogP contribution in [-0.2, 0) is 0 Å². The van der Waals surface area contributed by atoms with Gasteiger partial charge < -0.3 is 0 Å². The SMILES string of the molecule is C#C[C@@H]1CC[C@@H]1C#C. The van der Waals surface area contributed by atoms with Crippen LogP contribution in [0.25, 0.3) is 0 Å². The lowest BCUT2D eigenvalue weighted by Gasteiger charge is -2.27. The van der Waals surface area contributed by atoms with Crippen LogP contribution in [0, 0.1) is 36.5 Å². The van der Waals surface area contributed by atoms with Gasteiger partial charge in [0.15, 0.2) is 0 Å². The van der Waals surface area contributed by atoms with E-state index in [-0.39, 0.29) is 0 Å². The standard InChI is InChI=1S/C8H8/c1-3-7-5-6-8(7)4-2/h1-2,7-8H,5-6H2/t7-,8+. The van der Waals surface area contributed by atoms with Gasteiger partial charge in [0, 0.05) is 11.8 Å². The van der Waals surface area contributed by atoms with Crippen molar-refractivity contribution in [2.75, 3.05) is 0 Å². The van der Waals surface area contributed by atoms with Gasteiger partial charge in [-0.2, -0.15) is 0 Å². The van der Waals surface area contributed by atoms with E-state index in [1.165, 1.54) is 0 Å². The van der Waals surface area contributed by atoms with Gasteiger partial charge in [-0.1, -0.05) is 0 Å². The minimum atomic E-state index is 0.389. The Morgan fingerprint density at radius 1 is 1.00 bits per heavy atom. The summed E-state index contributed by atoms with van der Waals surface area (Å²) >= 11 is 0. The smallest absolute Gasteiger partial charge is 0.0338 e. The third-order valence-corrected chi connectivity index (χ3v) is 1.70. The van der Waals surface area contributed by atoms with Crippen molar-refractivity contribution >= 4 is 0 Å². The van der Waals surface area contributed by atoms with Gasteiger partial charge in [-0.05, 0) is 12.8 Å². The van der Waals surface area contributed by atoms with Crippen molar-refractivity contribution < 1.29 is 0 Å². The zero-order valence-corrected chi connectivity index (χ0v) is 4.72. The van der Waals surface area contributed by atoms with Crippen LogP contribution in [0.4, 0.5) is 0 Å². The fraction of sp³-hybridized carbons (Fsp3) is 0.500. The first-order valence-corrected chi connectivity index (χ1v) is 2.80. The first kappa shape index (κ1) is 5.26. The monoisotopic (exact) mass is 104 g/mol. The van der Waals surface area contributed by atoms with Crippen molar-refractivity contribution in [1.82, 2.24) is 0 Å². The highest BCUT2D eigenvalue weighted by molar-refractivity contribution is 5.11. The lowest BCUT2D eigenvalue weighted by atomic mass is 9.75. The Morgan fingerprint density at radius 2 is 1.38 bits per heavy atom. The zero-order valence-electron chi connectivity index (χ0n) is 4.72. The topological polar surface area (TPSA) is 0 Å². The second kappa shape index (κ2) is 1.93. The number of hydrogen-bond donors (Lipinski definition) is 0. The summed E-state index contributed by atoms with van der Waals surface area (Å²) in [6, 6.07) is 0. The van der Waals surface area contributed by atoms with Crippen molar-refractivity contribution in [3.05, 3.63) is 0 Å². The Hall–Kier alpha value is -0.880. The highest BCUT2D eigenvalue weighted by Crippen LogP contribution is 2.32. The Morgan fingerprint density at radius 3 is 1.50 bits per heavy atom. The van der Waals surface area contributed by atoms with Crippen molar-refractivity contribution in [3.8, 4) is 24.7 Å². The first-order valence-electron chi connectivity index (χ1n) is 2.80. The predicted octanol–water partition coefficient (Wildman–Crippen LogP) is 1.28. The molecule has 0 aliphatic heterocycles. The Labute approximate surface area is 50.3 Å². The summed E-state index contributed by atoms with van der Waals surface area (Å²) in [7, 11) is 0. The van der Waals surface area contributed by atoms with Crippen LogP contribution >= 0.6 is 0 Å². The van der Waals surface area contributed by atoms with Gasteiger partial charge in [0.25, 0.3) is 0 Å². The van der Waals surface area contributed by atoms with Crippen LogP contribution in [0.15, 0.2) is 0 Å². The normalized spacial score (nSPS) is 34.2. The largest absolute Gasteiger partial charge is 0.120 e. The molecule has 1 fully saturated rings. The summed E-state index contributed by atoms with van der Waals surface area (Å²) in [4.78, 5) is 0.